The molecular formula is C20H26ClN5O. The Morgan fingerprint density at radius 1 is 1.33 bits per heavy atom. The van der Waals surface area contributed by atoms with Crippen molar-refractivity contribution in [2.75, 3.05) is 31.6 Å². The van der Waals surface area contributed by atoms with E-state index in [4.69, 9.17) is 21.3 Å². The van der Waals surface area contributed by atoms with E-state index in [0.29, 0.717) is 17.6 Å². The molecule has 2 aromatic rings. The molecule has 2 heterocycles. The fraction of sp³-hybridized carbons (Fsp3) is 0.400. The Bertz CT molecular complexity index is 765. The van der Waals surface area contributed by atoms with Crippen molar-refractivity contribution in [1.29, 1.82) is 0 Å². The molecule has 0 bridgehead atoms. The molecule has 7 heteroatoms. The number of anilines is 1. The molecule has 3 rings (SSSR count). The van der Waals surface area contributed by atoms with Crippen LogP contribution in [0.5, 0.6) is 5.75 Å². The second kappa shape index (κ2) is 9.46. The average Bonchev–Trinajstić information content (AvgIpc) is 3.15. The maximum atomic E-state index is 6.28. The third-order valence-corrected chi connectivity index (χ3v) is 4.79. The Kier molecular flexibility index (Phi) is 6.76. The van der Waals surface area contributed by atoms with Crippen LogP contribution in [-0.4, -0.2) is 43.7 Å². The van der Waals surface area contributed by atoms with E-state index >= 15 is 0 Å². The van der Waals surface area contributed by atoms with Crippen molar-refractivity contribution >= 4 is 23.4 Å². The topological polar surface area (TPSA) is 61.8 Å². The maximum absolute atomic E-state index is 6.28. The number of halogens is 1. The summed E-state index contributed by atoms with van der Waals surface area (Å²) in [6.07, 6.45) is 2.79. The van der Waals surface area contributed by atoms with Gasteiger partial charge in [0.05, 0.1) is 18.7 Å². The number of aliphatic imine (C=N–C) groups is 1. The van der Waals surface area contributed by atoms with Crippen LogP contribution in [0.2, 0.25) is 5.02 Å². The lowest BCUT2D eigenvalue weighted by Crippen LogP contribution is -2.44. The quantitative estimate of drug-likeness (QED) is 0.589. The standard InChI is InChI=1S/C20H26ClN5O/c1-3-22-20(24-13-15-6-8-17(27-2)9-7-15)25-16-10-12-26(14-16)19-18(21)5-4-11-23-19/h4-9,11,16H,3,10,12-14H2,1-2H3,(H2,22,24,25). The van der Waals surface area contributed by atoms with Gasteiger partial charge in [-0.15, -0.1) is 0 Å². The van der Waals surface area contributed by atoms with E-state index in [1.165, 1.54) is 0 Å². The summed E-state index contributed by atoms with van der Waals surface area (Å²) in [6.45, 7) is 5.27. The van der Waals surface area contributed by atoms with Gasteiger partial charge in [0.25, 0.3) is 0 Å². The Morgan fingerprint density at radius 3 is 2.85 bits per heavy atom. The molecule has 0 radical (unpaired) electrons. The van der Waals surface area contributed by atoms with E-state index in [1.54, 1.807) is 13.3 Å². The van der Waals surface area contributed by atoms with Gasteiger partial charge >= 0.3 is 0 Å². The Balaban J connectivity index is 1.60. The van der Waals surface area contributed by atoms with Crippen LogP contribution in [0.3, 0.4) is 0 Å². The zero-order valence-electron chi connectivity index (χ0n) is 15.8. The van der Waals surface area contributed by atoms with Crippen molar-refractivity contribution in [3.63, 3.8) is 0 Å². The van der Waals surface area contributed by atoms with Crippen LogP contribution in [0.4, 0.5) is 5.82 Å². The molecule has 0 saturated carbocycles. The monoisotopic (exact) mass is 387 g/mol. The molecule has 1 aliphatic rings. The van der Waals surface area contributed by atoms with Crippen molar-refractivity contribution in [2.45, 2.75) is 25.9 Å². The number of nitrogens with zero attached hydrogens (tertiary/aromatic N) is 3. The molecule has 1 atom stereocenters. The summed E-state index contributed by atoms with van der Waals surface area (Å²) in [5, 5.41) is 7.55. The lowest BCUT2D eigenvalue weighted by atomic mass is 10.2. The molecule has 1 aromatic heterocycles. The second-order valence-corrected chi connectivity index (χ2v) is 6.84. The molecule has 1 aromatic carbocycles. The number of methoxy groups -OCH3 is 1. The first-order chi connectivity index (χ1) is 13.2. The predicted octanol–water partition coefficient (Wildman–Crippen LogP) is 3.08. The Labute approximate surface area is 165 Å². The third-order valence-electron chi connectivity index (χ3n) is 4.49. The SMILES string of the molecule is CCNC(=NCc1ccc(OC)cc1)NC1CCN(c2ncccc2Cl)C1. The summed E-state index contributed by atoms with van der Waals surface area (Å²) in [5.41, 5.74) is 1.14. The normalized spacial score (nSPS) is 17.1. The van der Waals surface area contributed by atoms with Crippen molar-refractivity contribution in [2.24, 2.45) is 4.99 Å². The summed E-state index contributed by atoms with van der Waals surface area (Å²) in [7, 11) is 1.67. The maximum Gasteiger partial charge on any atom is 0.191 e. The summed E-state index contributed by atoms with van der Waals surface area (Å²) in [4.78, 5) is 11.3. The van der Waals surface area contributed by atoms with E-state index in [9.17, 15) is 0 Å². The van der Waals surface area contributed by atoms with Crippen LogP contribution in [-0.2, 0) is 6.54 Å². The van der Waals surface area contributed by atoms with Gasteiger partial charge in [0.15, 0.2) is 5.96 Å². The number of aromatic nitrogens is 1. The van der Waals surface area contributed by atoms with Crippen molar-refractivity contribution < 1.29 is 4.74 Å². The Hall–Kier alpha value is -2.47. The zero-order valence-corrected chi connectivity index (χ0v) is 16.5. The van der Waals surface area contributed by atoms with Gasteiger partial charge < -0.3 is 20.3 Å². The highest BCUT2D eigenvalue weighted by Gasteiger charge is 2.25. The minimum Gasteiger partial charge on any atom is -0.497 e. The fourth-order valence-electron chi connectivity index (χ4n) is 3.10. The third kappa shape index (κ3) is 5.26. The van der Waals surface area contributed by atoms with E-state index < -0.39 is 0 Å². The van der Waals surface area contributed by atoms with Crippen LogP contribution in [0.1, 0.15) is 18.9 Å². The van der Waals surface area contributed by atoms with Gasteiger partial charge in [-0.3, -0.25) is 0 Å². The number of pyridine rings is 1. The summed E-state index contributed by atoms with van der Waals surface area (Å²) >= 11 is 6.28. The minimum absolute atomic E-state index is 0.303. The van der Waals surface area contributed by atoms with E-state index in [-0.39, 0.29) is 0 Å². The van der Waals surface area contributed by atoms with Gasteiger partial charge in [-0.1, -0.05) is 23.7 Å². The number of ether oxygens (including phenoxy) is 1. The zero-order chi connectivity index (χ0) is 19.1. The van der Waals surface area contributed by atoms with Crippen molar-refractivity contribution in [3.05, 3.63) is 53.2 Å². The van der Waals surface area contributed by atoms with Crippen molar-refractivity contribution in [3.8, 4) is 5.75 Å². The van der Waals surface area contributed by atoms with E-state index in [0.717, 1.165) is 49.1 Å². The van der Waals surface area contributed by atoms with Gasteiger partial charge in [0.1, 0.15) is 11.6 Å². The largest absolute Gasteiger partial charge is 0.497 e. The molecule has 1 fully saturated rings. The van der Waals surface area contributed by atoms with E-state index in [1.807, 2.05) is 36.4 Å². The fourth-order valence-corrected chi connectivity index (χ4v) is 3.34. The number of hydrogen-bond donors (Lipinski definition) is 2. The summed E-state index contributed by atoms with van der Waals surface area (Å²) < 4.78 is 5.20. The average molecular weight is 388 g/mol. The van der Waals surface area contributed by atoms with Crippen LogP contribution in [0, 0.1) is 0 Å². The first-order valence-corrected chi connectivity index (χ1v) is 9.60. The molecule has 144 valence electrons. The molecule has 0 amide bonds. The van der Waals surface area contributed by atoms with Crippen LogP contribution in [0.15, 0.2) is 47.6 Å². The van der Waals surface area contributed by atoms with Crippen LogP contribution in [0.25, 0.3) is 0 Å². The van der Waals surface area contributed by atoms with Gasteiger partial charge in [0.2, 0.25) is 0 Å². The highest BCUT2D eigenvalue weighted by atomic mass is 35.5. The number of benzene rings is 1. The van der Waals surface area contributed by atoms with Gasteiger partial charge in [-0.25, -0.2) is 9.98 Å². The molecule has 6 nitrogen and oxygen atoms in total. The first-order valence-electron chi connectivity index (χ1n) is 9.23. The van der Waals surface area contributed by atoms with Crippen LogP contribution >= 0.6 is 11.6 Å². The van der Waals surface area contributed by atoms with Gasteiger partial charge in [0, 0.05) is 31.9 Å². The molecule has 1 saturated heterocycles. The summed E-state index contributed by atoms with van der Waals surface area (Å²) in [6, 6.07) is 12.0. The smallest absolute Gasteiger partial charge is 0.191 e. The molecule has 0 spiro atoms. The summed E-state index contributed by atoms with van der Waals surface area (Å²) in [5.74, 6) is 2.53. The number of nitrogens with one attached hydrogen (secondary N) is 2. The molecule has 1 aliphatic heterocycles. The first kappa shape index (κ1) is 19.3. The molecular weight excluding hydrogens is 362 g/mol. The van der Waals surface area contributed by atoms with Gasteiger partial charge in [-0.2, -0.15) is 0 Å². The number of rotatable bonds is 6. The highest BCUT2D eigenvalue weighted by molar-refractivity contribution is 6.32. The molecule has 1 unspecified atom stereocenters. The van der Waals surface area contributed by atoms with Gasteiger partial charge in [-0.05, 0) is 43.2 Å². The van der Waals surface area contributed by atoms with Crippen LogP contribution < -0.4 is 20.3 Å². The molecule has 0 aliphatic carbocycles. The Morgan fingerprint density at radius 2 is 2.15 bits per heavy atom. The minimum atomic E-state index is 0.303. The lowest BCUT2D eigenvalue weighted by molar-refractivity contribution is 0.414. The molecule has 27 heavy (non-hydrogen) atoms. The van der Waals surface area contributed by atoms with E-state index in [2.05, 4.69) is 27.4 Å². The highest BCUT2D eigenvalue weighted by Crippen LogP contribution is 2.25. The predicted molar refractivity (Wildman–Crippen MR) is 111 cm³/mol. The lowest BCUT2D eigenvalue weighted by Gasteiger charge is -2.20. The van der Waals surface area contributed by atoms with Crippen molar-refractivity contribution in [1.82, 2.24) is 15.6 Å². The second-order valence-electron chi connectivity index (χ2n) is 6.43. The number of guanidine groups is 1. The number of hydrogen-bond acceptors (Lipinski definition) is 4. The molecule has 2 N–H and O–H groups in total.